The minimum Gasteiger partial charge on any atom is -0.378 e. The van der Waals surface area contributed by atoms with Crippen LogP contribution in [0.25, 0.3) is 0 Å². The van der Waals surface area contributed by atoms with E-state index in [2.05, 4.69) is 10.2 Å². The van der Waals surface area contributed by atoms with Crippen LogP contribution in [0.1, 0.15) is 36.8 Å². The van der Waals surface area contributed by atoms with Gasteiger partial charge in [-0.3, -0.25) is 0 Å². The first-order chi connectivity index (χ1) is 6.44. The summed E-state index contributed by atoms with van der Waals surface area (Å²) in [6, 6.07) is -0.0353. The van der Waals surface area contributed by atoms with E-state index in [4.69, 9.17) is 10.5 Å². The van der Waals surface area contributed by atoms with Gasteiger partial charge in [0, 0.05) is 13.5 Å². The fourth-order valence-corrected chi connectivity index (χ4v) is 1.97. The lowest BCUT2D eigenvalue weighted by atomic mass is 10.1. The molecule has 1 atom stereocenters. The number of nitrogens with two attached hydrogens (primary N) is 1. The van der Waals surface area contributed by atoms with Crippen molar-refractivity contribution in [2.45, 2.75) is 38.8 Å². The van der Waals surface area contributed by atoms with Gasteiger partial charge in [-0.25, -0.2) is 0 Å². The Morgan fingerprint density at radius 1 is 1.50 bits per heavy atom. The van der Waals surface area contributed by atoms with E-state index >= 15 is 0 Å². The molecule has 2 N–H and O–H groups in total. The van der Waals surface area contributed by atoms with E-state index in [1.165, 1.54) is 0 Å². The third-order valence-corrected chi connectivity index (χ3v) is 3.13. The molecular weight excluding hydrogens is 198 g/mol. The van der Waals surface area contributed by atoms with Crippen molar-refractivity contribution in [3.8, 4) is 0 Å². The zero-order valence-electron chi connectivity index (χ0n) is 9.07. The van der Waals surface area contributed by atoms with Crippen molar-refractivity contribution in [2.75, 3.05) is 7.11 Å². The molecule has 0 amide bonds. The van der Waals surface area contributed by atoms with E-state index in [0.29, 0.717) is 0 Å². The summed E-state index contributed by atoms with van der Waals surface area (Å²) in [5, 5.41) is 9.96. The molecule has 0 bridgehead atoms. The Hall–Kier alpha value is -0.520. The van der Waals surface area contributed by atoms with Crippen LogP contribution in [-0.2, 0) is 11.2 Å². The van der Waals surface area contributed by atoms with Gasteiger partial charge in [-0.15, -0.1) is 10.2 Å². The van der Waals surface area contributed by atoms with Gasteiger partial charge < -0.3 is 10.5 Å². The van der Waals surface area contributed by atoms with Crippen LogP contribution in [0.15, 0.2) is 0 Å². The molecule has 4 nitrogen and oxygen atoms in total. The predicted octanol–water partition coefficient (Wildman–Crippen LogP) is 1.53. The van der Waals surface area contributed by atoms with Crippen LogP contribution in [0, 0.1) is 0 Å². The maximum atomic E-state index is 5.70. The Labute approximate surface area is 88.5 Å². The largest absolute Gasteiger partial charge is 0.378 e. The van der Waals surface area contributed by atoms with Gasteiger partial charge in [0.25, 0.3) is 0 Å². The molecule has 80 valence electrons. The number of methoxy groups -OCH3 is 1. The SMILES string of the molecule is COC(C)(C)Cc1nnc(C(C)N)s1. The van der Waals surface area contributed by atoms with Gasteiger partial charge in [0.1, 0.15) is 10.0 Å². The summed E-state index contributed by atoms with van der Waals surface area (Å²) < 4.78 is 5.32. The molecule has 1 aromatic heterocycles. The molecule has 1 heterocycles. The highest BCUT2D eigenvalue weighted by atomic mass is 32.1. The highest BCUT2D eigenvalue weighted by Gasteiger charge is 2.20. The van der Waals surface area contributed by atoms with Crippen LogP contribution in [0.2, 0.25) is 0 Å². The van der Waals surface area contributed by atoms with Gasteiger partial charge in [0.2, 0.25) is 0 Å². The normalized spacial score (nSPS) is 14.4. The Morgan fingerprint density at radius 2 is 2.14 bits per heavy atom. The van der Waals surface area contributed by atoms with Gasteiger partial charge in [-0.05, 0) is 20.8 Å². The van der Waals surface area contributed by atoms with Crippen LogP contribution < -0.4 is 5.73 Å². The van der Waals surface area contributed by atoms with E-state index in [1.54, 1.807) is 18.4 Å². The van der Waals surface area contributed by atoms with Crippen LogP contribution in [-0.4, -0.2) is 22.9 Å². The van der Waals surface area contributed by atoms with E-state index in [-0.39, 0.29) is 11.6 Å². The van der Waals surface area contributed by atoms with Gasteiger partial charge in [-0.1, -0.05) is 11.3 Å². The average Bonchev–Trinajstić information content (AvgIpc) is 2.52. The third-order valence-electron chi connectivity index (χ3n) is 2.00. The summed E-state index contributed by atoms with van der Waals surface area (Å²) in [5.41, 5.74) is 5.51. The van der Waals surface area contributed by atoms with Crippen molar-refractivity contribution in [1.29, 1.82) is 0 Å². The van der Waals surface area contributed by atoms with Crippen LogP contribution in [0.4, 0.5) is 0 Å². The molecule has 5 heteroatoms. The quantitative estimate of drug-likeness (QED) is 0.827. The highest BCUT2D eigenvalue weighted by Crippen LogP contribution is 2.21. The molecule has 0 aliphatic carbocycles. The lowest BCUT2D eigenvalue weighted by Crippen LogP contribution is -2.25. The number of ether oxygens (including phenoxy) is 1. The molecule has 1 rings (SSSR count). The Bertz CT molecular complexity index is 296. The second-order valence-electron chi connectivity index (χ2n) is 3.96. The fraction of sp³-hybridized carbons (Fsp3) is 0.778. The van der Waals surface area contributed by atoms with Crippen molar-refractivity contribution >= 4 is 11.3 Å². The lowest BCUT2D eigenvalue weighted by Gasteiger charge is -2.20. The molecular formula is C9H17N3OS. The zero-order chi connectivity index (χ0) is 10.8. The summed E-state index contributed by atoms with van der Waals surface area (Å²) in [6.45, 7) is 5.96. The average molecular weight is 215 g/mol. The van der Waals surface area contributed by atoms with Gasteiger partial charge in [-0.2, -0.15) is 0 Å². The summed E-state index contributed by atoms with van der Waals surface area (Å²) >= 11 is 1.56. The van der Waals surface area contributed by atoms with Gasteiger partial charge in [0.15, 0.2) is 0 Å². The molecule has 0 saturated heterocycles. The maximum absolute atomic E-state index is 5.70. The van der Waals surface area contributed by atoms with E-state index in [0.717, 1.165) is 16.4 Å². The summed E-state index contributed by atoms with van der Waals surface area (Å²) in [7, 11) is 1.70. The molecule has 0 spiro atoms. The number of aromatic nitrogens is 2. The molecule has 1 aromatic rings. The maximum Gasteiger partial charge on any atom is 0.133 e. The Morgan fingerprint density at radius 3 is 2.57 bits per heavy atom. The molecule has 14 heavy (non-hydrogen) atoms. The monoisotopic (exact) mass is 215 g/mol. The van der Waals surface area contributed by atoms with E-state index < -0.39 is 0 Å². The molecule has 0 aliphatic heterocycles. The Balaban J connectivity index is 2.69. The van der Waals surface area contributed by atoms with Crippen LogP contribution >= 0.6 is 11.3 Å². The molecule has 0 aromatic carbocycles. The third kappa shape index (κ3) is 3.01. The van der Waals surface area contributed by atoms with Crippen molar-refractivity contribution in [2.24, 2.45) is 5.73 Å². The molecule has 1 unspecified atom stereocenters. The van der Waals surface area contributed by atoms with Crippen molar-refractivity contribution < 1.29 is 4.74 Å². The minimum atomic E-state index is -0.186. The molecule has 0 fully saturated rings. The van der Waals surface area contributed by atoms with Crippen molar-refractivity contribution in [3.05, 3.63) is 10.0 Å². The topological polar surface area (TPSA) is 61.0 Å². The molecule has 0 saturated carbocycles. The highest BCUT2D eigenvalue weighted by molar-refractivity contribution is 7.11. The second-order valence-corrected chi connectivity index (χ2v) is 5.06. The standard InChI is InChI=1S/C9H17N3OS/c1-6(10)8-12-11-7(14-8)5-9(2,3)13-4/h6H,5,10H2,1-4H3. The predicted molar refractivity (Wildman–Crippen MR) is 57.3 cm³/mol. The summed E-state index contributed by atoms with van der Waals surface area (Å²) in [5.74, 6) is 0. The zero-order valence-corrected chi connectivity index (χ0v) is 9.89. The summed E-state index contributed by atoms with van der Waals surface area (Å²) in [6.07, 6.45) is 0.772. The van der Waals surface area contributed by atoms with Crippen LogP contribution in [0.5, 0.6) is 0 Å². The second kappa shape index (κ2) is 4.33. The first-order valence-electron chi connectivity index (χ1n) is 4.57. The summed E-state index contributed by atoms with van der Waals surface area (Å²) in [4.78, 5) is 0. The fourth-order valence-electron chi connectivity index (χ4n) is 0.958. The van der Waals surface area contributed by atoms with Gasteiger partial charge in [0.05, 0.1) is 11.6 Å². The number of hydrogen-bond donors (Lipinski definition) is 1. The Kier molecular flexibility index (Phi) is 3.58. The number of rotatable bonds is 4. The van der Waals surface area contributed by atoms with E-state index in [9.17, 15) is 0 Å². The van der Waals surface area contributed by atoms with Gasteiger partial charge >= 0.3 is 0 Å². The lowest BCUT2D eigenvalue weighted by molar-refractivity contribution is 0.0230. The number of nitrogens with zero attached hydrogens (tertiary/aromatic N) is 2. The number of hydrogen-bond acceptors (Lipinski definition) is 5. The van der Waals surface area contributed by atoms with Crippen LogP contribution in [0.3, 0.4) is 0 Å². The first kappa shape index (κ1) is 11.6. The van der Waals surface area contributed by atoms with E-state index in [1.807, 2.05) is 20.8 Å². The molecule has 0 aliphatic rings. The van der Waals surface area contributed by atoms with Crippen molar-refractivity contribution in [1.82, 2.24) is 10.2 Å². The smallest absolute Gasteiger partial charge is 0.133 e. The molecule has 0 radical (unpaired) electrons. The van der Waals surface area contributed by atoms with Crippen molar-refractivity contribution in [3.63, 3.8) is 0 Å². The minimum absolute atomic E-state index is 0.0353. The first-order valence-corrected chi connectivity index (χ1v) is 5.39.